The number of hydrogen-bond donors (Lipinski definition) is 6. The van der Waals surface area contributed by atoms with Gasteiger partial charge in [0, 0.05) is 61.2 Å². The summed E-state index contributed by atoms with van der Waals surface area (Å²) in [5.74, 6) is -4.93. The lowest BCUT2D eigenvalue weighted by atomic mass is 9.81. The summed E-state index contributed by atoms with van der Waals surface area (Å²) in [5.41, 5.74) is 7.30. The quantitative estimate of drug-likeness (QED) is 0.0455. The maximum absolute atomic E-state index is 15.4. The number of pyridine rings is 2. The van der Waals surface area contributed by atoms with Crippen molar-refractivity contribution in [3.05, 3.63) is 97.6 Å². The molecule has 4 aromatic rings. The van der Waals surface area contributed by atoms with Crippen molar-refractivity contribution in [1.82, 2.24) is 30.8 Å². The van der Waals surface area contributed by atoms with E-state index in [1.54, 1.807) is 71.0 Å². The second-order valence-electron chi connectivity index (χ2n) is 19.9. The zero-order valence-corrected chi connectivity index (χ0v) is 41.7. The molecular formula is C53H62FN7O12. The lowest BCUT2D eigenvalue weighted by Crippen LogP contribution is -2.45. The van der Waals surface area contributed by atoms with Gasteiger partial charge in [0.15, 0.2) is 17.2 Å². The fourth-order valence-corrected chi connectivity index (χ4v) is 9.62. The summed E-state index contributed by atoms with van der Waals surface area (Å²) in [6.45, 7) is 7.81. The van der Waals surface area contributed by atoms with Crippen LogP contribution in [0, 0.1) is 12.7 Å². The number of aliphatic hydroxyl groups is 1. The van der Waals surface area contributed by atoms with Crippen molar-refractivity contribution >= 4 is 58.0 Å². The zero-order valence-electron chi connectivity index (χ0n) is 41.7. The van der Waals surface area contributed by atoms with Gasteiger partial charge in [-0.25, -0.2) is 14.2 Å². The van der Waals surface area contributed by atoms with Crippen LogP contribution in [0.15, 0.2) is 47.3 Å². The maximum Gasteiger partial charge on any atom is 0.343 e. The van der Waals surface area contributed by atoms with Crippen molar-refractivity contribution in [3.8, 4) is 11.4 Å². The lowest BCUT2D eigenvalue weighted by Gasteiger charge is -2.31. The number of carbonyl (C=O) groups is 8. The molecule has 1 aliphatic carbocycles. The smallest absolute Gasteiger partial charge is 0.343 e. The summed E-state index contributed by atoms with van der Waals surface area (Å²) in [4.78, 5) is 122. The topological polar surface area (TPSA) is 284 Å². The van der Waals surface area contributed by atoms with E-state index in [4.69, 9.17) is 20.2 Å². The van der Waals surface area contributed by atoms with E-state index in [1.165, 1.54) is 10.6 Å². The fourth-order valence-electron chi connectivity index (χ4n) is 9.62. The number of aryl methyl sites for hydroxylation is 1. The molecular weight excluding hydrogens is 946 g/mol. The van der Waals surface area contributed by atoms with Crippen LogP contribution in [0.4, 0.5) is 4.39 Å². The van der Waals surface area contributed by atoms with E-state index >= 15 is 4.39 Å². The number of nitrogens with zero attached hydrogens (tertiary/aromatic N) is 2. The highest BCUT2D eigenvalue weighted by Gasteiger charge is 2.46. The largest absolute Gasteiger partial charge is 0.460 e. The zero-order chi connectivity index (χ0) is 52.9. The molecule has 3 aliphatic rings. The molecule has 0 saturated heterocycles. The molecule has 0 radical (unpaired) electrons. The molecule has 2 aromatic heterocycles. The number of hydrogen-bond acceptors (Lipinski definition) is 14. The lowest BCUT2D eigenvalue weighted by molar-refractivity contribution is -0.172. The highest BCUT2D eigenvalue weighted by atomic mass is 19.1. The molecule has 4 atom stereocenters. The van der Waals surface area contributed by atoms with Gasteiger partial charge in [-0.2, -0.15) is 0 Å². The number of Topliss-reactive ketones (excluding diaryl/α,β-unsaturated/α-hetero) is 2. The normalized spacial score (nSPS) is 17.3. The number of nitrogens with two attached hydrogens (primary N) is 1. The second kappa shape index (κ2) is 22.3. The van der Waals surface area contributed by atoms with Gasteiger partial charge >= 0.3 is 11.9 Å². The van der Waals surface area contributed by atoms with E-state index in [0.717, 1.165) is 11.1 Å². The van der Waals surface area contributed by atoms with Crippen LogP contribution in [0.2, 0.25) is 0 Å². The third-order valence-corrected chi connectivity index (χ3v) is 13.5. The van der Waals surface area contributed by atoms with Crippen molar-refractivity contribution in [2.24, 2.45) is 5.73 Å². The van der Waals surface area contributed by atoms with Gasteiger partial charge in [-0.1, -0.05) is 37.3 Å². The van der Waals surface area contributed by atoms with Gasteiger partial charge in [-0.15, -0.1) is 0 Å². The van der Waals surface area contributed by atoms with Crippen molar-refractivity contribution in [2.75, 3.05) is 13.1 Å². The van der Waals surface area contributed by atoms with Gasteiger partial charge in [-0.3, -0.25) is 38.4 Å². The third kappa shape index (κ3) is 12.2. The molecule has 2 aliphatic heterocycles. The number of fused-ring (bicyclic) bond motifs is 5. The van der Waals surface area contributed by atoms with Gasteiger partial charge in [0.25, 0.3) is 5.56 Å². The van der Waals surface area contributed by atoms with E-state index in [9.17, 15) is 48.3 Å². The standard InChI is InChI=1S/C53H62FN7O12/c1-6-53(71)34-22-40-48-32(26-61(40)50(69)33(34)27-72-51(53)70)47-37(16-15-31-28(2)35(54)23-39(60-48)46(31)47)58-43(65)13-10-20-56-42(64)19-17-41(63)38(21-29-11-8-7-9-12-29)59-44(66)18-14-30(62)25-57-49(68)36(55)24-45(67)73-52(3,4)5/h7-9,11-12,22-23,36-38,71H,6,10,13-21,24-27,55H2,1-5H3,(H,56,64)(H,57,68)(H,58,65)(H,59,66)/t36-,37-,38-,53-/m0/s1. The van der Waals surface area contributed by atoms with Crippen molar-refractivity contribution in [1.29, 1.82) is 0 Å². The average Bonchev–Trinajstić information content (AvgIpc) is 3.71. The Morgan fingerprint density at radius 2 is 1.68 bits per heavy atom. The SMILES string of the molecule is CC[C@@]1(O)C(=O)OCc2c1cc1n(c2=O)Cc2c-1nc1cc(F)c(C)c3c1c2[C@@H](NC(=O)CCCNC(=O)CCC(=O)[C@H](Cc1ccccc1)NC(=O)CCC(=O)CNC(=O)[C@@H](N)CC(=O)OC(C)(C)C)CC3. The summed E-state index contributed by atoms with van der Waals surface area (Å²) in [6.07, 6.45) is -0.0671. The Balaban J connectivity index is 0.915. The first-order valence-electron chi connectivity index (χ1n) is 24.6. The van der Waals surface area contributed by atoms with E-state index < -0.39 is 88.5 Å². The number of benzene rings is 2. The molecule has 2 aromatic carbocycles. The van der Waals surface area contributed by atoms with E-state index in [1.807, 2.05) is 0 Å². The molecule has 20 heteroatoms. The van der Waals surface area contributed by atoms with Crippen LogP contribution in [-0.4, -0.2) is 92.6 Å². The molecule has 4 heterocycles. The Morgan fingerprint density at radius 3 is 2.40 bits per heavy atom. The highest BCUT2D eigenvalue weighted by Crippen LogP contribution is 2.46. The summed E-state index contributed by atoms with van der Waals surface area (Å²) in [6, 6.07) is 9.08. The number of rotatable bonds is 21. The number of esters is 2. The van der Waals surface area contributed by atoms with E-state index in [-0.39, 0.29) is 94.5 Å². The number of ketones is 2. The van der Waals surface area contributed by atoms with Gasteiger partial charge in [0.05, 0.1) is 60.1 Å². The van der Waals surface area contributed by atoms with Crippen LogP contribution >= 0.6 is 0 Å². The molecule has 388 valence electrons. The molecule has 19 nitrogen and oxygen atoms in total. The molecule has 7 rings (SSSR count). The molecule has 0 fully saturated rings. The Labute approximate surface area is 420 Å². The Bertz CT molecular complexity index is 2950. The van der Waals surface area contributed by atoms with Crippen molar-refractivity contribution < 1.29 is 57.3 Å². The molecule has 0 bridgehead atoms. The first-order valence-corrected chi connectivity index (χ1v) is 24.6. The predicted molar refractivity (Wildman–Crippen MR) is 263 cm³/mol. The van der Waals surface area contributed by atoms with Crippen molar-refractivity contribution in [2.45, 2.75) is 148 Å². The van der Waals surface area contributed by atoms with Gasteiger partial charge in [0.1, 0.15) is 18.0 Å². The molecule has 0 spiro atoms. The third-order valence-electron chi connectivity index (χ3n) is 13.5. The molecule has 0 unspecified atom stereocenters. The molecule has 7 N–H and O–H groups in total. The predicted octanol–water partition coefficient (Wildman–Crippen LogP) is 3.13. The first kappa shape index (κ1) is 53.6. The van der Waals surface area contributed by atoms with Gasteiger partial charge in [-0.05, 0) is 88.1 Å². The highest BCUT2D eigenvalue weighted by molar-refractivity contribution is 5.96. The fraction of sp³-hybridized carbons (Fsp3) is 0.472. The molecule has 0 saturated carbocycles. The molecule has 73 heavy (non-hydrogen) atoms. The summed E-state index contributed by atoms with van der Waals surface area (Å²) < 4.78 is 27.3. The summed E-state index contributed by atoms with van der Waals surface area (Å²) >= 11 is 0. The van der Waals surface area contributed by atoms with E-state index in [2.05, 4.69) is 21.3 Å². The minimum absolute atomic E-state index is 0.0269. The number of cyclic esters (lactones) is 1. The van der Waals surface area contributed by atoms with Crippen LogP contribution in [0.25, 0.3) is 22.3 Å². The van der Waals surface area contributed by atoms with Gasteiger partial charge < -0.3 is 46.1 Å². The monoisotopic (exact) mass is 1010 g/mol. The Kier molecular flexibility index (Phi) is 16.4. The van der Waals surface area contributed by atoms with Crippen molar-refractivity contribution in [3.63, 3.8) is 0 Å². The number of amides is 4. The second-order valence-corrected chi connectivity index (χ2v) is 19.9. The summed E-state index contributed by atoms with van der Waals surface area (Å²) in [7, 11) is 0. The van der Waals surface area contributed by atoms with E-state index in [0.29, 0.717) is 51.8 Å². The minimum atomic E-state index is -2.03. The minimum Gasteiger partial charge on any atom is -0.460 e. The maximum atomic E-state index is 15.4. The van der Waals surface area contributed by atoms with Crippen LogP contribution in [0.3, 0.4) is 0 Å². The van der Waals surface area contributed by atoms with Crippen LogP contribution in [0.1, 0.15) is 130 Å². The Hall–Kier alpha value is -7.19. The Morgan fingerprint density at radius 1 is 0.959 bits per heavy atom. The molecule has 4 amide bonds. The number of ether oxygens (including phenoxy) is 2. The number of aromatic nitrogens is 2. The summed E-state index contributed by atoms with van der Waals surface area (Å²) in [5, 5.41) is 23.0. The number of halogens is 1. The van der Waals surface area contributed by atoms with Crippen LogP contribution < -0.4 is 32.6 Å². The van der Waals surface area contributed by atoms with Crippen LogP contribution in [-0.2, 0) is 79.4 Å². The average molecular weight is 1010 g/mol. The van der Waals surface area contributed by atoms with Crippen LogP contribution in [0.5, 0.6) is 0 Å². The van der Waals surface area contributed by atoms with Gasteiger partial charge in [0.2, 0.25) is 23.6 Å². The number of carbonyl (C=O) groups excluding carboxylic acids is 8. The first-order chi connectivity index (χ1) is 34.6. The number of nitrogens with one attached hydrogen (secondary N) is 4.